The average molecular weight is 451 g/mol. The zero-order chi connectivity index (χ0) is 23.8. The number of nitrogens with zero attached hydrogens (tertiary/aromatic N) is 2. The van der Waals surface area contributed by atoms with Crippen molar-refractivity contribution < 1.29 is 14.4 Å². The lowest BCUT2D eigenvalue weighted by atomic mass is 9.99. The number of anilines is 1. The Kier molecular flexibility index (Phi) is 8.58. The van der Waals surface area contributed by atoms with Crippen LogP contribution in [0.2, 0.25) is 0 Å². The molecule has 1 atom stereocenters. The number of carbonyl (C=O) groups excluding carboxylic acids is 3. The van der Waals surface area contributed by atoms with E-state index in [1.165, 1.54) is 0 Å². The van der Waals surface area contributed by atoms with Crippen LogP contribution >= 0.6 is 0 Å². The van der Waals surface area contributed by atoms with E-state index in [2.05, 4.69) is 15.6 Å². The van der Waals surface area contributed by atoms with E-state index in [9.17, 15) is 14.4 Å². The van der Waals surface area contributed by atoms with E-state index in [1.807, 2.05) is 45.0 Å². The molecule has 2 N–H and O–H groups in total. The molecule has 1 aromatic carbocycles. The zero-order valence-electron chi connectivity index (χ0n) is 19.7. The maximum atomic E-state index is 13.5. The third kappa shape index (κ3) is 6.88. The summed E-state index contributed by atoms with van der Waals surface area (Å²) >= 11 is 0. The standard InChI is InChI=1S/C26H34N4O3/c1-18(2)28-26(33)25(20-13-11-19(3)12-14-20)30(21-8-4-5-9-21)24(32)16-15-23(31)29-22-10-6-7-17-27-22/h6-7,10-14,17-18,21,25H,4-5,8-9,15-16H2,1-3H3,(H,28,33)(H,27,29,31)/t25-/m0/s1. The van der Waals surface area contributed by atoms with Gasteiger partial charge in [-0.3, -0.25) is 14.4 Å². The van der Waals surface area contributed by atoms with Gasteiger partial charge in [0.2, 0.25) is 17.7 Å². The summed E-state index contributed by atoms with van der Waals surface area (Å²) < 4.78 is 0. The molecular formula is C26H34N4O3. The van der Waals surface area contributed by atoms with Gasteiger partial charge in [-0.1, -0.05) is 48.7 Å². The number of nitrogens with one attached hydrogen (secondary N) is 2. The molecule has 1 fully saturated rings. The molecule has 176 valence electrons. The van der Waals surface area contributed by atoms with Gasteiger partial charge in [0.15, 0.2) is 0 Å². The first kappa shape index (κ1) is 24.4. The first-order valence-electron chi connectivity index (χ1n) is 11.7. The minimum Gasteiger partial charge on any atom is -0.352 e. The fourth-order valence-corrected chi connectivity index (χ4v) is 4.28. The molecule has 3 rings (SSSR count). The molecule has 2 aromatic rings. The lowest BCUT2D eigenvalue weighted by molar-refractivity contribution is -0.144. The van der Waals surface area contributed by atoms with Gasteiger partial charge in [0.05, 0.1) is 0 Å². The minimum absolute atomic E-state index is 0.0134. The summed E-state index contributed by atoms with van der Waals surface area (Å²) in [4.78, 5) is 45.1. The number of hydrogen-bond donors (Lipinski definition) is 2. The van der Waals surface area contributed by atoms with Gasteiger partial charge in [-0.25, -0.2) is 4.98 Å². The van der Waals surface area contributed by atoms with Crippen molar-refractivity contribution in [3.8, 4) is 0 Å². The fourth-order valence-electron chi connectivity index (χ4n) is 4.28. The van der Waals surface area contributed by atoms with Gasteiger partial charge >= 0.3 is 0 Å². The third-order valence-corrected chi connectivity index (χ3v) is 5.85. The summed E-state index contributed by atoms with van der Waals surface area (Å²) in [6.07, 6.45) is 5.45. The fraction of sp³-hybridized carbons (Fsp3) is 0.462. The molecule has 33 heavy (non-hydrogen) atoms. The molecule has 3 amide bonds. The number of aromatic nitrogens is 1. The lowest BCUT2D eigenvalue weighted by Gasteiger charge is -2.36. The molecular weight excluding hydrogens is 416 g/mol. The van der Waals surface area contributed by atoms with Gasteiger partial charge in [-0.15, -0.1) is 0 Å². The maximum Gasteiger partial charge on any atom is 0.247 e. The highest BCUT2D eigenvalue weighted by atomic mass is 16.2. The molecule has 0 spiro atoms. The van der Waals surface area contributed by atoms with Gasteiger partial charge in [0, 0.05) is 31.1 Å². The Morgan fingerprint density at radius 2 is 1.73 bits per heavy atom. The summed E-state index contributed by atoms with van der Waals surface area (Å²) in [5.41, 5.74) is 1.88. The van der Waals surface area contributed by atoms with Crippen LogP contribution in [0.1, 0.15) is 69.5 Å². The highest BCUT2D eigenvalue weighted by Gasteiger charge is 2.37. The van der Waals surface area contributed by atoms with Gasteiger partial charge in [-0.05, 0) is 51.3 Å². The normalized spacial score (nSPS) is 14.7. The highest BCUT2D eigenvalue weighted by Crippen LogP contribution is 2.33. The van der Waals surface area contributed by atoms with Crippen molar-refractivity contribution in [3.05, 3.63) is 59.8 Å². The quantitative estimate of drug-likeness (QED) is 0.600. The van der Waals surface area contributed by atoms with Crippen molar-refractivity contribution >= 4 is 23.5 Å². The predicted octanol–water partition coefficient (Wildman–Crippen LogP) is 4.15. The monoisotopic (exact) mass is 450 g/mol. The second-order valence-electron chi connectivity index (χ2n) is 8.98. The summed E-state index contributed by atoms with van der Waals surface area (Å²) in [5, 5.41) is 5.71. The van der Waals surface area contributed by atoms with Crippen LogP contribution in [0.5, 0.6) is 0 Å². The van der Waals surface area contributed by atoms with Crippen LogP contribution in [0.25, 0.3) is 0 Å². The van der Waals surface area contributed by atoms with Crippen LogP contribution < -0.4 is 10.6 Å². The number of aryl methyl sites for hydroxylation is 1. The summed E-state index contributed by atoms with van der Waals surface area (Å²) in [6, 6.07) is 12.2. The van der Waals surface area contributed by atoms with Crippen LogP contribution in [0.4, 0.5) is 5.82 Å². The van der Waals surface area contributed by atoms with Gasteiger partial charge in [-0.2, -0.15) is 0 Å². The second kappa shape index (κ2) is 11.6. The number of carbonyl (C=O) groups is 3. The van der Waals surface area contributed by atoms with Crippen molar-refractivity contribution in [1.82, 2.24) is 15.2 Å². The summed E-state index contributed by atoms with van der Waals surface area (Å²) in [6.45, 7) is 5.81. The Morgan fingerprint density at radius 3 is 2.33 bits per heavy atom. The Bertz CT molecular complexity index is 938. The van der Waals surface area contributed by atoms with Crippen LogP contribution in [-0.4, -0.2) is 39.7 Å². The maximum absolute atomic E-state index is 13.5. The molecule has 7 nitrogen and oxygen atoms in total. The Morgan fingerprint density at radius 1 is 1.03 bits per heavy atom. The summed E-state index contributed by atoms with van der Waals surface area (Å²) in [7, 11) is 0. The first-order valence-corrected chi connectivity index (χ1v) is 11.7. The average Bonchev–Trinajstić information content (AvgIpc) is 3.31. The van der Waals surface area contributed by atoms with Crippen LogP contribution in [0, 0.1) is 6.92 Å². The molecule has 0 aliphatic heterocycles. The van der Waals surface area contributed by atoms with E-state index in [0.717, 1.165) is 36.8 Å². The molecule has 0 radical (unpaired) electrons. The highest BCUT2D eigenvalue weighted by molar-refractivity contribution is 5.94. The van der Waals surface area contributed by atoms with Crippen LogP contribution in [0.15, 0.2) is 48.7 Å². The number of benzene rings is 1. The Labute approximate surface area is 196 Å². The molecule has 1 saturated carbocycles. The topological polar surface area (TPSA) is 91.4 Å². The lowest BCUT2D eigenvalue weighted by Crippen LogP contribution is -2.49. The van der Waals surface area contributed by atoms with E-state index >= 15 is 0 Å². The largest absolute Gasteiger partial charge is 0.352 e. The smallest absolute Gasteiger partial charge is 0.247 e. The predicted molar refractivity (Wildman–Crippen MR) is 128 cm³/mol. The van der Waals surface area contributed by atoms with Crippen molar-refractivity contribution in [2.75, 3.05) is 5.32 Å². The Hall–Kier alpha value is -3.22. The van der Waals surface area contributed by atoms with Crippen molar-refractivity contribution in [3.63, 3.8) is 0 Å². The van der Waals surface area contributed by atoms with Crippen LogP contribution in [0.3, 0.4) is 0 Å². The molecule has 0 bridgehead atoms. The number of rotatable bonds is 9. The second-order valence-corrected chi connectivity index (χ2v) is 8.98. The molecule has 0 saturated heterocycles. The SMILES string of the molecule is Cc1ccc([C@@H](C(=O)NC(C)C)N(C(=O)CCC(=O)Nc2ccccn2)C2CCCC2)cc1. The van der Waals surface area contributed by atoms with Crippen molar-refractivity contribution in [2.45, 2.75) is 77.4 Å². The van der Waals surface area contributed by atoms with Crippen molar-refractivity contribution in [1.29, 1.82) is 0 Å². The van der Waals surface area contributed by atoms with E-state index in [1.54, 1.807) is 29.3 Å². The zero-order valence-corrected chi connectivity index (χ0v) is 19.7. The molecule has 1 aromatic heterocycles. The number of hydrogen-bond acceptors (Lipinski definition) is 4. The van der Waals surface area contributed by atoms with E-state index < -0.39 is 6.04 Å². The van der Waals surface area contributed by atoms with E-state index in [-0.39, 0.29) is 42.6 Å². The van der Waals surface area contributed by atoms with Crippen LogP contribution in [-0.2, 0) is 14.4 Å². The molecule has 7 heteroatoms. The third-order valence-electron chi connectivity index (χ3n) is 5.85. The molecule has 1 aliphatic rings. The van der Waals surface area contributed by atoms with E-state index in [0.29, 0.717) is 5.82 Å². The molecule has 0 unspecified atom stereocenters. The van der Waals surface area contributed by atoms with Crippen molar-refractivity contribution in [2.24, 2.45) is 0 Å². The number of pyridine rings is 1. The van der Waals surface area contributed by atoms with Gasteiger partial charge in [0.1, 0.15) is 11.9 Å². The minimum atomic E-state index is -0.720. The van der Waals surface area contributed by atoms with Gasteiger partial charge in [0.25, 0.3) is 0 Å². The Balaban J connectivity index is 1.81. The molecule has 1 aliphatic carbocycles. The van der Waals surface area contributed by atoms with E-state index in [4.69, 9.17) is 0 Å². The first-order chi connectivity index (χ1) is 15.8. The van der Waals surface area contributed by atoms with Gasteiger partial charge < -0.3 is 15.5 Å². The molecule has 1 heterocycles. The summed E-state index contributed by atoms with van der Waals surface area (Å²) in [5.74, 6) is -0.182. The number of amides is 3.